The summed E-state index contributed by atoms with van der Waals surface area (Å²) in [5.41, 5.74) is 2.81. The van der Waals surface area contributed by atoms with Gasteiger partial charge in [0.1, 0.15) is 11.6 Å². The maximum Gasteiger partial charge on any atom is 0.325 e. The molecule has 1 heterocycles. The first kappa shape index (κ1) is 20.1. The van der Waals surface area contributed by atoms with Crippen LogP contribution in [-0.2, 0) is 6.42 Å². The topological polar surface area (TPSA) is 23.6 Å². The molecule has 0 spiro atoms. The summed E-state index contributed by atoms with van der Waals surface area (Å²) < 4.78 is 26.6. The number of anilines is 1. The van der Waals surface area contributed by atoms with Gasteiger partial charge in [-0.05, 0) is 66.8 Å². The Bertz CT molecular complexity index is 990. The normalized spacial score (nSPS) is 18.8. The fraction of sp³-hybridized carbons (Fsp3) is 0.240. The minimum absolute atomic E-state index is 0.0228. The molecule has 1 fully saturated rings. The zero-order valence-corrected chi connectivity index (χ0v) is 16.8. The van der Waals surface area contributed by atoms with Gasteiger partial charge >= 0.3 is 6.03 Å². The van der Waals surface area contributed by atoms with Crippen LogP contribution in [0, 0.1) is 11.6 Å². The van der Waals surface area contributed by atoms with Crippen molar-refractivity contribution in [3.8, 4) is 0 Å². The maximum absolute atomic E-state index is 13.5. The highest BCUT2D eigenvalue weighted by molar-refractivity contribution is 5.95. The van der Waals surface area contributed by atoms with Gasteiger partial charge in [-0.25, -0.2) is 13.6 Å². The molecule has 0 aliphatic carbocycles. The number of rotatable bonds is 6. The van der Waals surface area contributed by atoms with Crippen molar-refractivity contribution in [1.82, 2.24) is 4.90 Å². The number of hydrogen-bond donors (Lipinski definition) is 0. The monoisotopic (exact) mass is 406 g/mol. The van der Waals surface area contributed by atoms with Crippen LogP contribution in [0.25, 0.3) is 0 Å². The van der Waals surface area contributed by atoms with Crippen molar-refractivity contribution in [2.45, 2.75) is 31.3 Å². The molecule has 154 valence electrons. The fourth-order valence-corrected chi connectivity index (χ4v) is 4.23. The number of hydrogen-bond acceptors (Lipinski definition) is 1. The van der Waals surface area contributed by atoms with E-state index >= 15 is 0 Å². The Morgan fingerprint density at radius 1 is 0.833 bits per heavy atom. The number of likely N-dealkylation sites (N-methyl/N-ethyl adjacent to an activating group) is 1. The largest absolute Gasteiger partial charge is 0.325 e. The summed E-state index contributed by atoms with van der Waals surface area (Å²) in [6.45, 7) is 0. The molecule has 3 nitrogen and oxygen atoms in total. The van der Waals surface area contributed by atoms with E-state index < -0.39 is 0 Å². The standard InChI is InChI=1S/C25H24F2N2O/c1-28-23(9-5-6-18-10-12-20(26)13-11-18)24(19-7-3-2-4-8-19)29(25(28)30)22-16-14-21(27)15-17-22/h2-4,7-8,10-17,23-24H,5-6,9H2,1H3. The van der Waals surface area contributed by atoms with Crippen molar-refractivity contribution >= 4 is 11.7 Å². The van der Waals surface area contributed by atoms with Crippen LogP contribution in [0.15, 0.2) is 78.9 Å². The summed E-state index contributed by atoms with van der Waals surface area (Å²) in [6.07, 6.45) is 2.49. The van der Waals surface area contributed by atoms with E-state index in [2.05, 4.69) is 0 Å². The molecular formula is C25H24F2N2O. The molecule has 2 amide bonds. The van der Waals surface area contributed by atoms with Crippen molar-refractivity contribution < 1.29 is 13.6 Å². The third-order valence-corrected chi connectivity index (χ3v) is 5.77. The van der Waals surface area contributed by atoms with E-state index in [-0.39, 0.29) is 29.7 Å². The van der Waals surface area contributed by atoms with Crippen LogP contribution in [0.2, 0.25) is 0 Å². The van der Waals surface area contributed by atoms with E-state index in [1.807, 2.05) is 37.4 Å². The zero-order valence-electron chi connectivity index (χ0n) is 16.8. The number of nitrogens with zero attached hydrogens (tertiary/aromatic N) is 2. The van der Waals surface area contributed by atoms with E-state index in [9.17, 15) is 13.6 Å². The zero-order chi connectivity index (χ0) is 21.1. The minimum atomic E-state index is -0.328. The molecule has 2 unspecified atom stereocenters. The smallest absolute Gasteiger partial charge is 0.322 e. The third kappa shape index (κ3) is 4.06. The Morgan fingerprint density at radius 2 is 1.43 bits per heavy atom. The van der Waals surface area contributed by atoms with E-state index in [1.54, 1.807) is 34.1 Å². The molecule has 0 bridgehead atoms. The van der Waals surface area contributed by atoms with Crippen LogP contribution in [0.5, 0.6) is 0 Å². The van der Waals surface area contributed by atoms with Crippen molar-refractivity contribution in [2.75, 3.05) is 11.9 Å². The molecule has 3 aromatic carbocycles. The van der Waals surface area contributed by atoms with Gasteiger partial charge in [0.25, 0.3) is 0 Å². The molecule has 1 aliphatic rings. The Balaban J connectivity index is 1.59. The molecule has 4 rings (SSSR count). The molecule has 0 radical (unpaired) electrons. The van der Waals surface area contributed by atoms with Crippen LogP contribution >= 0.6 is 0 Å². The number of benzene rings is 3. The van der Waals surface area contributed by atoms with E-state index in [0.717, 1.165) is 30.4 Å². The van der Waals surface area contributed by atoms with Crippen LogP contribution in [-0.4, -0.2) is 24.0 Å². The second-order valence-corrected chi connectivity index (χ2v) is 7.68. The molecule has 0 aromatic heterocycles. The summed E-state index contributed by atoms with van der Waals surface area (Å²) in [7, 11) is 1.82. The molecule has 2 atom stereocenters. The molecular weight excluding hydrogens is 382 g/mol. The van der Waals surface area contributed by atoms with Crippen molar-refractivity contribution in [2.24, 2.45) is 0 Å². The Hall–Kier alpha value is -3.21. The Morgan fingerprint density at radius 3 is 2.07 bits per heavy atom. The first-order valence-corrected chi connectivity index (χ1v) is 10.2. The van der Waals surface area contributed by atoms with Gasteiger partial charge in [0, 0.05) is 12.7 Å². The van der Waals surface area contributed by atoms with Crippen LogP contribution in [0.3, 0.4) is 0 Å². The summed E-state index contributed by atoms with van der Waals surface area (Å²) in [5, 5.41) is 0. The SMILES string of the molecule is CN1C(=O)N(c2ccc(F)cc2)C(c2ccccc2)C1CCCc1ccc(F)cc1. The second-order valence-electron chi connectivity index (χ2n) is 7.68. The van der Waals surface area contributed by atoms with Gasteiger partial charge in [0.2, 0.25) is 0 Å². The van der Waals surface area contributed by atoms with Crippen LogP contribution in [0.1, 0.15) is 30.0 Å². The molecule has 0 N–H and O–H groups in total. The minimum Gasteiger partial charge on any atom is -0.322 e. The maximum atomic E-state index is 13.5. The number of amides is 2. The lowest BCUT2D eigenvalue weighted by molar-refractivity contribution is 0.214. The van der Waals surface area contributed by atoms with Crippen molar-refractivity contribution in [3.05, 3.63) is 102 Å². The van der Waals surface area contributed by atoms with Gasteiger partial charge in [-0.1, -0.05) is 42.5 Å². The lowest BCUT2D eigenvalue weighted by Crippen LogP contribution is -2.31. The molecule has 5 heteroatoms. The van der Waals surface area contributed by atoms with Gasteiger partial charge < -0.3 is 4.90 Å². The van der Waals surface area contributed by atoms with Crippen LogP contribution in [0.4, 0.5) is 19.3 Å². The lowest BCUT2D eigenvalue weighted by Gasteiger charge is -2.28. The number of carbonyl (C=O) groups is 1. The average Bonchev–Trinajstić information content (AvgIpc) is 3.01. The van der Waals surface area contributed by atoms with E-state index in [0.29, 0.717) is 5.69 Å². The summed E-state index contributed by atoms with van der Waals surface area (Å²) in [6, 6.07) is 22.3. The van der Waals surface area contributed by atoms with E-state index in [4.69, 9.17) is 0 Å². The highest BCUT2D eigenvalue weighted by Gasteiger charge is 2.44. The first-order chi connectivity index (χ1) is 14.5. The average molecular weight is 406 g/mol. The van der Waals surface area contributed by atoms with Crippen LogP contribution < -0.4 is 4.90 Å². The highest BCUT2D eigenvalue weighted by atomic mass is 19.1. The summed E-state index contributed by atoms with van der Waals surface area (Å²) in [4.78, 5) is 16.7. The van der Waals surface area contributed by atoms with Gasteiger partial charge in [0.15, 0.2) is 0 Å². The Kier molecular flexibility index (Phi) is 5.79. The predicted octanol–water partition coefficient (Wildman–Crippen LogP) is 5.97. The summed E-state index contributed by atoms with van der Waals surface area (Å²) in [5.74, 6) is -0.565. The van der Waals surface area contributed by atoms with Gasteiger partial charge in [0.05, 0.1) is 12.1 Å². The fourth-order valence-electron chi connectivity index (χ4n) is 4.23. The number of halogens is 2. The van der Waals surface area contributed by atoms with Gasteiger partial charge in [-0.15, -0.1) is 0 Å². The molecule has 1 aliphatic heterocycles. The molecule has 3 aromatic rings. The molecule has 1 saturated heterocycles. The number of urea groups is 1. The Labute approximate surface area is 175 Å². The molecule has 30 heavy (non-hydrogen) atoms. The second kappa shape index (κ2) is 8.66. The predicted molar refractivity (Wildman–Crippen MR) is 114 cm³/mol. The van der Waals surface area contributed by atoms with Gasteiger partial charge in [-0.2, -0.15) is 0 Å². The number of aryl methyl sites for hydroxylation is 1. The first-order valence-electron chi connectivity index (χ1n) is 10.2. The molecule has 0 saturated carbocycles. The van der Waals surface area contributed by atoms with Crippen molar-refractivity contribution in [1.29, 1.82) is 0 Å². The van der Waals surface area contributed by atoms with E-state index in [1.165, 1.54) is 24.3 Å². The number of carbonyl (C=O) groups excluding carboxylic acids is 1. The lowest BCUT2D eigenvalue weighted by atomic mass is 9.94. The quantitative estimate of drug-likeness (QED) is 0.495. The third-order valence-electron chi connectivity index (χ3n) is 5.77. The van der Waals surface area contributed by atoms with Gasteiger partial charge in [-0.3, -0.25) is 4.90 Å². The summed E-state index contributed by atoms with van der Waals surface area (Å²) >= 11 is 0. The van der Waals surface area contributed by atoms with Crippen molar-refractivity contribution in [3.63, 3.8) is 0 Å². The highest BCUT2D eigenvalue weighted by Crippen LogP contribution is 2.40.